The predicted molar refractivity (Wildman–Crippen MR) is 436 cm³/mol. The van der Waals surface area contributed by atoms with Crippen LogP contribution in [0.25, 0.3) is 0 Å². The Morgan fingerprint density at radius 1 is 0.264 bits per heavy atom. The second kappa shape index (κ2) is 78.1. The summed E-state index contributed by atoms with van der Waals surface area (Å²) in [5.41, 5.74) is 0. The van der Waals surface area contributed by atoms with Gasteiger partial charge in [-0.15, -0.1) is 0 Å². The first-order valence-electron chi connectivity index (χ1n) is 41.1. The lowest BCUT2D eigenvalue weighted by molar-refractivity contribution is -0.161. The van der Waals surface area contributed by atoms with E-state index in [1.54, 1.807) is 0 Å². The second-order valence-electron chi connectivity index (χ2n) is 27.0. The normalized spacial score (nSPS) is 14.6. The number of esters is 4. The highest BCUT2D eigenvalue weighted by Gasteiger charge is 2.30. The molecule has 5 atom stereocenters. The van der Waals surface area contributed by atoms with Crippen LogP contribution in [0.15, 0.2) is 146 Å². The zero-order chi connectivity index (χ0) is 77.4. The Hall–Kier alpha value is -5.06. The number of unbranched alkanes of at least 4 members (excludes halogenated alkanes) is 26. The molecule has 0 radical (unpaired) electrons. The van der Waals surface area contributed by atoms with Crippen molar-refractivity contribution in [1.82, 2.24) is 0 Å². The fourth-order valence-electron chi connectivity index (χ4n) is 10.5. The lowest BCUT2D eigenvalue weighted by Gasteiger charge is -2.21. The third kappa shape index (κ3) is 77.1. The van der Waals surface area contributed by atoms with Crippen LogP contribution in [0.2, 0.25) is 0 Å². The van der Waals surface area contributed by atoms with Gasteiger partial charge in [0.1, 0.15) is 19.3 Å². The van der Waals surface area contributed by atoms with Gasteiger partial charge in [-0.3, -0.25) is 37.3 Å². The number of ether oxygens (including phenoxy) is 4. The van der Waals surface area contributed by atoms with Crippen LogP contribution in [0.3, 0.4) is 0 Å². The van der Waals surface area contributed by atoms with Crippen molar-refractivity contribution >= 4 is 39.5 Å². The van der Waals surface area contributed by atoms with Gasteiger partial charge in [-0.2, -0.15) is 0 Å². The number of carbonyl (C=O) groups is 4. The molecule has 0 aromatic rings. The molecule has 17 nitrogen and oxygen atoms in total. The Bertz CT molecular complexity index is 2580. The summed E-state index contributed by atoms with van der Waals surface area (Å²) in [6.07, 6.45) is 89.9. The first kappa shape index (κ1) is 101. The van der Waals surface area contributed by atoms with Gasteiger partial charge < -0.3 is 33.8 Å². The number of phosphoric ester groups is 2. The number of allylic oxidation sites excluding steroid dienone is 24. The Kier molecular flexibility index (Phi) is 74.3. The molecule has 19 heteroatoms. The van der Waals surface area contributed by atoms with Crippen LogP contribution >= 0.6 is 15.6 Å². The molecule has 0 aliphatic carbocycles. The van der Waals surface area contributed by atoms with Gasteiger partial charge in [0.15, 0.2) is 12.2 Å². The maximum atomic E-state index is 13.1. The van der Waals surface area contributed by atoms with E-state index in [1.807, 2.05) is 36.5 Å². The van der Waals surface area contributed by atoms with E-state index in [4.69, 9.17) is 37.0 Å². The molecule has 0 amide bonds. The van der Waals surface area contributed by atoms with Crippen molar-refractivity contribution < 1.29 is 80.2 Å². The summed E-state index contributed by atoms with van der Waals surface area (Å²) in [5.74, 6) is -2.38. The predicted octanol–water partition coefficient (Wildman–Crippen LogP) is 24.2. The van der Waals surface area contributed by atoms with Crippen LogP contribution in [-0.2, 0) is 65.4 Å². The van der Waals surface area contributed by atoms with E-state index < -0.39 is 97.5 Å². The van der Waals surface area contributed by atoms with E-state index in [0.717, 1.165) is 141 Å². The molecule has 0 spiro atoms. The molecule has 0 saturated carbocycles. The highest BCUT2D eigenvalue weighted by Crippen LogP contribution is 2.45. The number of aliphatic hydroxyl groups is 1. The van der Waals surface area contributed by atoms with Gasteiger partial charge in [-0.1, -0.05) is 289 Å². The first-order chi connectivity index (χ1) is 51.7. The summed E-state index contributed by atoms with van der Waals surface area (Å²) in [6, 6.07) is 0. The molecule has 3 N–H and O–H groups in total. The Labute approximate surface area is 643 Å². The van der Waals surface area contributed by atoms with Crippen LogP contribution in [0.5, 0.6) is 0 Å². The zero-order valence-corrected chi connectivity index (χ0v) is 68.1. The van der Waals surface area contributed by atoms with Crippen molar-refractivity contribution in [2.45, 2.75) is 341 Å². The summed E-state index contributed by atoms with van der Waals surface area (Å²) >= 11 is 0. The van der Waals surface area contributed by atoms with Crippen molar-refractivity contribution in [2.24, 2.45) is 0 Å². The topological polar surface area (TPSA) is 237 Å². The van der Waals surface area contributed by atoms with E-state index in [9.17, 15) is 43.2 Å². The molecule has 0 heterocycles. The largest absolute Gasteiger partial charge is 0.472 e. The minimum Gasteiger partial charge on any atom is -0.462 e. The smallest absolute Gasteiger partial charge is 0.462 e. The van der Waals surface area contributed by atoms with Gasteiger partial charge >= 0.3 is 39.5 Å². The minimum absolute atomic E-state index is 0.0345. The summed E-state index contributed by atoms with van der Waals surface area (Å²) in [7, 11) is -10.0. The summed E-state index contributed by atoms with van der Waals surface area (Å²) in [6.45, 7) is 4.62. The lowest BCUT2D eigenvalue weighted by atomic mass is 10.1. The van der Waals surface area contributed by atoms with Crippen molar-refractivity contribution in [2.75, 3.05) is 39.6 Å². The second-order valence-corrected chi connectivity index (χ2v) is 29.9. The van der Waals surface area contributed by atoms with Gasteiger partial charge in [-0.05, 0) is 154 Å². The molecule has 606 valence electrons. The average molecular weight is 1530 g/mol. The number of aliphatic hydroxyl groups excluding tert-OH is 1. The van der Waals surface area contributed by atoms with Crippen LogP contribution in [0.1, 0.15) is 323 Å². The van der Waals surface area contributed by atoms with Crippen molar-refractivity contribution in [3.63, 3.8) is 0 Å². The molecule has 0 rings (SSSR count). The zero-order valence-electron chi connectivity index (χ0n) is 66.3. The van der Waals surface area contributed by atoms with Crippen molar-refractivity contribution in [3.8, 4) is 0 Å². The van der Waals surface area contributed by atoms with E-state index in [-0.39, 0.29) is 25.7 Å². The monoisotopic (exact) mass is 1530 g/mol. The molecule has 0 aromatic heterocycles. The highest BCUT2D eigenvalue weighted by atomic mass is 31.2. The maximum Gasteiger partial charge on any atom is 0.472 e. The van der Waals surface area contributed by atoms with E-state index in [2.05, 4.69) is 137 Å². The quantitative estimate of drug-likeness (QED) is 0.0169. The first-order valence-corrected chi connectivity index (χ1v) is 44.1. The van der Waals surface area contributed by atoms with Crippen LogP contribution < -0.4 is 0 Å². The van der Waals surface area contributed by atoms with E-state index >= 15 is 0 Å². The molecule has 0 aliphatic rings. The minimum atomic E-state index is -5.01. The van der Waals surface area contributed by atoms with Gasteiger partial charge in [0.25, 0.3) is 0 Å². The molecular weight excluding hydrogens is 1380 g/mol. The number of hydrogen-bond donors (Lipinski definition) is 3. The molecule has 0 bridgehead atoms. The van der Waals surface area contributed by atoms with E-state index in [1.165, 1.54) is 89.9 Å². The van der Waals surface area contributed by atoms with Crippen LogP contribution in [0, 0.1) is 0 Å². The average Bonchev–Trinajstić information content (AvgIpc) is 0.937. The fraction of sp³-hybridized carbons (Fsp3) is 0.678. The number of phosphoric acid groups is 2. The molecule has 106 heavy (non-hydrogen) atoms. The highest BCUT2D eigenvalue weighted by molar-refractivity contribution is 7.47. The molecule has 0 saturated heterocycles. The third-order valence-electron chi connectivity index (χ3n) is 16.8. The van der Waals surface area contributed by atoms with E-state index in [0.29, 0.717) is 38.5 Å². The number of carbonyl (C=O) groups excluding carboxylic acids is 4. The summed E-state index contributed by atoms with van der Waals surface area (Å²) in [4.78, 5) is 73.0. The van der Waals surface area contributed by atoms with Gasteiger partial charge in [0, 0.05) is 25.7 Å². The molecule has 2 unspecified atom stereocenters. The Balaban J connectivity index is 5.51. The summed E-state index contributed by atoms with van der Waals surface area (Å²) in [5, 5.41) is 10.6. The van der Waals surface area contributed by atoms with Crippen LogP contribution in [0.4, 0.5) is 0 Å². The molecule has 0 fully saturated rings. The van der Waals surface area contributed by atoms with Crippen molar-refractivity contribution in [1.29, 1.82) is 0 Å². The molecule has 0 aliphatic heterocycles. The molecular formula is C87H146O17P2. The summed E-state index contributed by atoms with van der Waals surface area (Å²) < 4.78 is 68.5. The Morgan fingerprint density at radius 3 is 0.774 bits per heavy atom. The maximum absolute atomic E-state index is 13.1. The third-order valence-corrected chi connectivity index (χ3v) is 18.7. The van der Waals surface area contributed by atoms with Gasteiger partial charge in [0.2, 0.25) is 0 Å². The number of rotatable bonds is 76. The van der Waals surface area contributed by atoms with Crippen molar-refractivity contribution in [3.05, 3.63) is 146 Å². The molecule has 0 aromatic carbocycles. The van der Waals surface area contributed by atoms with Gasteiger partial charge in [0.05, 0.1) is 26.4 Å². The lowest BCUT2D eigenvalue weighted by Crippen LogP contribution is -2.30. The fourth-order valence-corrected chi connectivity index (χ4v) is 12.0. The number of hydrogen-bond acceptors (Lipinski definition) is 15. The van der Waals surface area contributed by atoms with Crippen LogP contribution in [-0.4, -0.2) is 96.7 Å². The SMILES string of the molecule is CCCCC/C=C\C/C=C\C/C=C\C/C=C\C/C=C\CCC(=O)O[C@H](COC(=O)CCCCCCC/C=C\CCCCCC)COP(=O)(O)OC[C@H](O)COP(=O)(O)OC[C@@H](COC(=O)CCCCCCCCC/C=C\CCCCCC)OC(=O)CC/C=C\C/C=C\C/C=C\C/C=C\C/C=C\CCCCC. The standard InChI is InChI=1S/C87H146O17P2/c1-5-9-13-17-21-25-29-33-36-38-40-42-45-49-53-57-61-65-69-73-86(91)103-82(77-97-84(89)71-67-63-59-55-51-47-32-28-24-20-16-12-8-4)79-101-105(93,94)99-75-81(88)76-100-106(95,96)102-80-83(78-98-85(90)72-68-64-60-56-52-48-44-35-31-27-23-19-15-11-7-3)104-87(92)74-70-66-62-58-54-50-46-43-41-39-37-34-30-26-22-18-14-10-6-2/h21-22,25-28,31-34,36-37,40-43,49-50,53-54,61-62,65-66,81-83,88H,5-20,23-24,29-30,35,38-39,44-48,51-52,55-60,63-64,67-80H2,1-4H3,(H,93,94)(H,95,96)/b25-21-,26-22-,31-27-,32-28-,36-33-,37-34-,42-40-,43-41-,53-49-,54-50-,65-61-,66-62-/t81-,82+,83+/m0/s1. The van der Waals surface area contributed by atoms with Gasteiger partial charge in [-0.25, -0.2) is 9.13 Å². The Morgan fingerprint density at radius 2 is 0.481 bits per heavy atom.